The highest BCUT2D eigenvalue weighted by atomic mass is 14.7. The predicted octanol–water partition coefficient (Wildman–Crippen LogP) is 2.17. The monoisotopic (exact) mass is 109 g/mol. The highest BCUT2D eigenvalue weighted by Gasteiger charge is 1.70. The Morgan fingerprint density at radius 2 is 2.38 bits per heavy atom. The first-order valence-electron chi connectivity index (χ1n) is 2.56. The quantitative estimate of drug-likeness (QED) is 0.389. The van der Waals surface area contributed by atoms with Crippen LogP contribution in [0.3, 0.4) is 0 Å². The van der Waals surface area contributed by atoms with Crippen molar-refractivity contribution in [2.45, 2.75) is 13.3 Å². The number of hydrogen-bond acceptors (Lipinski definition) is 1. The molecule has 0 aromatic carbocycles. The average Bonchev–Trinajstić information content (AvgIpc) is 1.66. The molecule has 0 unspecified atom stereocenters. The van der Waals surface area contributed by atoms with Gasteiger partial charge < -0.3 is 0 Å². The molecule has 0 aliphatic rings. The normalized spacial score (nSPS) is 9.62. The van der Waals surface area contributed by atoms with E-state index in [0.717, 1.165) is 12.1 Å². The predicted molar refractivity (Wildman–Crippen MR) is 38.1 cm³/mol. The fourth-order valence-corrected chi connectivity index (χ4v) is 0.283. The molecule has 0 saturated carbocycles. The molecule has 0 amide bonds. The van der Waals surface area contributed by atoms with Crippen molar-refractivity contribution < 1.29 is 0 Å². The first kappa shape index (κ1) is 7.15. The third kappa shape index (κ3) is 5.15. The van der Waals surface area contributed by atoms with Gasteiger partial charge in [0.05, 0.1) is 0 Å². The molecule has 1 nitrogen and oxygen atoms in total. The van der Waals surface area contributed by atoms with Gasteiger partial charge in [0.2, 0.25) is 0 Å². The maximum atomic E-state index is 3.92. The average molecular weight is 109 g/mol. The zero-order chi connectivity index (χ0) is 6.41. The van der Waals surface area contributed by atoms with Crippen LogP contribution < -0.4 is 0 Å². The van der Waals surface area contributed by atoms with E-state index in [1.165, 1.54) is 0 Å². The summed E-state index contributed by atoms with van der Waals surface area (Å²) in [4.78, 5) is 3.92. The van der Waals surface area contributed by atoms with Crippen molar-refractivity contribution in [3.8, 4) is 0 Å². The summed E-state index contributed by atoms with van der Waals surface area (Å²) in [6.07, 6.45) is 4.41. The molecule has 0 aliphatic heterocycles. The molecule has 0 radical (unpaired) electrons. The topological polar surface area (TPSA) is 12.4 Å². The van der Waals surface area contributed by atoms with E-state index in [1.54, 1.807) is 12.3 Å². The molecule has 0 aliphatic carbocycles. The third-order valence-corrected chi connectivity index (χ3v) is 0.584. The van der Waals surface area contributed by atoms with E-state index in [2.05, 4.69) is 18.2 Å². The van der Waals surface area contributed by atoms with Gasteiger partial charge in [0, 0.05) is 18.3 Å². The summed E-state index contributed by atoms with van der Waals surface area (Å²) in [7, 11) is 0. The molecule has 0 rings (SSSR count). The van der Waals surface area contributed by atoms with Gasteiger partial charge in [-0.15, -0.1) is 6.58 Å². The van der Waals surface area contributed by atoms with E-state index in [9.17, 15) is 0 Å². The molecule has 8 heavy (non-hydrogen) atoms. The van der Waals surface area contributed by atoms with E-state index in [0.29, 0.717) is 0 Å². The second kappa shape index (κ2) is 4.31. The molecule has 44 valence electrons. The molecule has 0 aromatic rings. The Balaban J connectivity index is 3.34. The summed E-state index contributed by atoms with van der Waals surface area (Å²) in [5.41, 5.74) is 0.840. The lowest BCUT2D eigenvalue weighted by Gasteiger charge is -1.81. The van der Waals surface area contributed by atoms with Gasteiger partial charge in [0.25, 0.3) is 0 Å². The summed E-state index contributed by atoms with van der Waals surface area (Å²) < 4.78 is 0. The van der Waals surface area contributed by atoms with Crippen molar-refractivity contribution in [3.63, 3.8) is 0 Å². The van der Waals surface area contributed by atoms with Crippen LogP contribution in [0.15, 0.2) is 29.9 Å². The Morgan fingerprint density at radius 3 is 2.75 bits per heavy atom. The molecular weight excluding hydrogens is 98.1 g/mol. The van der Waals surface area contributed by atoms with E-state index < -0.39 is 0 Å². The second-order valence-electron chi connectivity index (χ2n) is 1.57. The molecule has 0 fully saturated rings. The standard InChI is InChI=1S/C7H11N/c1-4-5-6-8-7(2)3/h4,6H,1-2,5H2,3H3. The zero-order valence-corrected chi connectivity index (χ0v) is 5.22. The first-order chi connectivity index (χ1) is 3.77. The second-order valence-corrected chi connectivity index (χ2v) is 1.57. The van der Waals surface area contributed by atoms with E-state index in [1.807, 2.05) is 6.92 Å². The van der Waals surface area contributed by atoms with Crippen LogP contribution in [-0.4, -0.2) is 6.21 Å². The van der Waals surface area contributed by atoms with E-state index in [-0.39, 0.29) is 0 Å². The minimum absolute atomic E-state index is 0.826. The van der Waals surface area contributed by atoms with Crippen molar-refractivity contribution in [1.82, 2.24) is 0 Å². The highest BCUT2D eigenvalue weighted by Crippen LogP contribution is 1.86. The molecule has 0 N–H and O–H groups in total. The van der Waals surface area contributed by atoms with Crippen LogP contribution in [0.5, 0.6) is 0 Å². The Hall–Kier alpha value is -0.850. The largest absolute Gasteiger partial charge is 0.266 e. The molecule has 0 aromatic heterocycles. The maximum Gasteiger partial charge on any atom is 0.0297 e. The highest BCUT2D eigenvalue weighted by molar-refractivity contribution is 5.60. The van der Waals surface area contributed by atoms with E-state index >= 15 is 0 Å². The van der Waals surface area contributed by atoms with Crippen LogP contribution in [0, 0.1) is 0 Å². The van der Waals surface area contributed by atoms with Crippen LogP contribution >= 0.6 is 0 Å². The lowest BCUT2D eigenvalue weighted by atomic mass is 10.4. The van der Waals surface area contributed by atoms with Gasteiger partial charge >= 0.3 is 0 Å². The lowest BCUT2D eigenvalue weighted by molar-refractivity contribution is 1.32. The van der Waals surface area contributed by atoms with Crippen LogP contribution in [0.2, 0.25) is 0 Å². The van der Waals surface area contributed by atoms with Gasteiger partial charge in [-0.2, -0.15) is 0 Å². The number of nitrogens with zero attached hydrogens (tertiary/aromatic N) is 1. The fourth-order valence-electron chi connectivity index (χ4n) is 0.283. The molecule has 0 atom stereocenters. The van der Waals surface area contributed by atoms with Gasteiger partial charge in [-0.1, -0.05) is 12.7 Å². The lowest BCUT2D eigenvalue weighted by Crippen LogP contribution is -1.68. The van der Waals surface area contributed by atoms with Gasteiger partial charge in [0.1, 0.15) is 0 Å². The Labute approximate surface area is 50.4 Å². The van der Waals surface area contributed by atoms with Crippen molar-refractivity contribution in [2.75, 3.05) is 0 Å². The summed E-state index contributed by atoms with van der Waals surface area (Å²) >= 11 is 0. The molecule has 0 bridgehead atoms. The smallest absolute Gasteiger partial charge is 0.0297 e. The van der Waals surface area contributed by atoms with Gasteiger partial charge in [-0.25, -0.2) is 0 Å². The molecule has 0 saturated heterocycles. The number of hydrogen-bond donors (Lipinski definition) is 0. The van der Waals surface area contributed by atoms with Crippen LogP contribution in [0.1, 0.15) is 13.3 Å². The molecule has 1 heteroatoms. The third-order valence-electron chi connectivity index (χ3n) is 0.584. The van der Waals surface area contributed by atoms with Crippen LogP contribution in [-0.2, 0) is 0 Å². The van der Waals surface area contributed by atoms with Gasteiger partial charge in [-0.05, 0) is 6.92 Å². The fraction of sp³-hybridized carbons (Fsp3) is 0.286. The molecule has 0 heterocycles. The van der Waals surface area contributed by atoms with Gasteiger partial charge in [-0.3, -0.25) is 4.99 Å². The SMILES string of the molecule is C=CCC=NC(=C)C. The maximum absolute atomic E-state index is 3.92. The first-order valence-corrected chi connectivity index (χ1v) is 2.56. The Morgan fingerprint density at radius 1 is 1.75 bits per heavy atom. The minimum atomic E-state index is 0.826. The van der Waals surface area contributed by atoms with Crippen LogP contribution in [0.4, 0.5) is 0 Å². The minimum Gasteiger partial charge on any atom is -0.266 e. The zero-order valence-electron chi connectivity index (χ0n) is 5.22. The number of aliphatic imine (C=N–C) groups is 1. The van der Waals surface area contributed by atoms with E-state index in [4.69, 9.17) is 0 Å². The summed E-state index contributed by atoms with van der Waals surface area (Å²) in [5, 5.41) is 0. The van der Waals surface area contributed by atoms with Crippen molar-refractivity contribution in [3.05, 3.63) is 24.9 Å². The summed E-state index contributed by atoms with van der Waals surface area (Å²) in [6.45, 7) is 8.99. The number of rotatable bonds is 3. The number of allylic oxidation sites excluding steroid dienone is 2. The van der Waals surface area contributed by atoms with Crippen molar-refractivity contribution in [2.24, 2.45) is 4.99 Å². The Bertz CT molecular complexity index is 112. The van der Waals surface area contributed by atoms with Gasteiger partial charge in [0.15, 0.2) is 0 Å². The van der Waals surface area contributed by atoms with Crippen molar-refractivity contribution in [1.29, 1.82) is 0 Å². The summed E-state index contributed by atoms with van der Waals surface area (Å²) in [6, 6.07) is 0. The van der Waals surface area contributed by atoms with Crippen molar-refractivity contribution >= 4 is 6.21 Å². The molecular formula is C7H11N. The van der Waals surface area contributed by atoms with Crippen LogP contribution in [0.25, 0.3) is 0 Å². The molecule has 0 spiro atoms. The Kier molecular flexibility index (Phi) is 3.85. The summed E-state index contributed by atoms with van der Waals surface area (Å²) in [5.74, 6) is 0.